The van der Waals surface area contributed by atoms with Crippen LogP contribution < -0.4 is 4.74 Å². The van der Waals surface area contributed by atoms with Gasteiger partial charge in [-0.3, -0.25) is 9.69 Å². The van der Waals surface area contributed by atoms with Gasteiger partial charge in [0.25, 0.3) is 5.91 Å². The first-order valence-corrected chi connectivity index (χ1v) is 11.9. The Morgan fingerprint density at radius 2 is 1.74 bits per heavy atom. The number of carbonyl (C=O) groups is 1. The third-order valence-corrected chi connectivity index (χ3v) is 6.13. The molecule has 0 N–H and O–H groups in total. The molecule has 0 spiro atoms. The monoisotopic (exact) mass is 467 g/mol. The van der Waals surface area contributed by atoms with Gasteiger partial charge in [0, 0.05) is 12.1 Å². The van der Waals surface area contributed by atoms with E-state index in [0.29, 0.717) is 40.5 Å². The lowest BCUT2D eigenvalue weighted by Crippen LogP contribution is -2.32. The van der Waals surface area contributed by atoms with Crippen LogP contribution in [0.25, 0.3) is 6.08 Å². The average molecular weight is 468 g/mol. The summed E-state index contributed by atoms with van der Waals surface area (Å²) in [6.45, 7) is 5.12. The van der Waals surface area contributed by atoms with E-state index in [0.717, 1.165) is 16.8 Å². The van der Waals surface area contributed by atoms with Crippen LogP contribution in [-0.2, 0) is 11.4 Å². The molecule has 0 radical (unpaired) electrons. The molecule has 0 aliphatic carbocycles. The maximum atomic E-state index is 13.1. The molecular formula is C28H25N3O2S. The molecule has 1 amide bonds. The van der Waals surface area contributed by atoms with Gasteiger partial charge < -0.3 is 4.74 Å². The Morgan fingerprint density at radius 3 is 2.44 bits per heavy atom. The summed E-state index contributed by atoms with van der Waals surface area (Å²) in [6, 6.07) is 26.9. The molecule has 170 valence electrons. The van der Waals surface area contributed by atoms with Crippen LogP contribution in [0, 0.1) is 17.2 Å². The molecule has 0 unspecified atom stereocenters. The van der Waals surface area contributed by atoms with Gasteiger partial charge in [0.2, 0.25) is 0 Å². The highest BCUT2D eigenvalue weighted by molar-refractivity contribution is 8.18. The number of benzene rings is 3. The summed E-state index contributed by atoms with van der Waals surface area (Å²) in [5, 5.41) is 9.93. The fourth-order valence-corrected chi connectivity index (χ4v) is 4.47. The Bertz CT molecular complexity index is 1260. The number of hydrogen-bond acceptors (Lipinski definition) is 5. The van der Waals surface area contributed by atoms with Crippen molar-refractivity contribution in [3.63, 3.8) is 0 Å². The number of carbonyl (C=O) groups excluding carboxylic acids is 1. The van der Waals surface area contributed by atoms with Crippen LogP contribution in [0.5, 0.6) is 5.75 Å². The number of nitrogens with zero attached hydrogens (tertiary/aromatic N) is 3. The number of aliphatic imine (C=N–C) groups is 1. The molecular weight excluding hydrogens is 442 g/mol. The highest BCUT2D eigenvalue weighted by Gasteiger charge is 2.33. The largest absolute Gasteiger partial charge is 0.489 e. The van der Waals surface area contributed by atoms with Crippen LogP contribution >= 0.6 is 11.8 Å². The fourth-order valence-electron chi connectivity index (χ4n) is 3.46. The van der Waals surface area contributed by atoms with Crippen LogP contribution in [0.15, 0.2) is 88.8 Å². The number of thioether (sulfide) groups is 1. The average Bonchev–Trinajstić information content (AvgIpc) is 3.12. The SMILES string of the molecule is CC(C)CN1C(=O)/C(=C\c2ccc(OCc3ccccc3C#N)cc2)SC1=Nc1ccccc1. The van der Waals surface area contributed by atoms with E-state index in [9.17, 15) is 10.1 Å². The number of nitriles is 1. The summed E-state index contributed by atoms with van der Waals surface area (Å²) in [7, 11) is 0. The van der Waals surface area contributed by atoms with Crippen molar-refractivity contribution in [2.24, 2.45) is 10.9 Å². The minimum atomic E-state index is -0.0261. The van der Waals surface area contributed by atoms with Crippen LogP contribution in [0.3, 0.4) is 0 Å². The quantitative estimate of drug-likeness (QED) is 0.377. The maximum Gasteiger partial charge on any atom is 0.266 e. The van der Waals surface area contributed by atoms with Gasteiger partial charge in [-0.05, 0) is 59.7 Å². The maximum absolute atomic E-state index is 13.1. The fraction of sp³-hybridized carbons (Fsp3) is 0.179. The van der Waals surface area contributed by atoms with E-state index in [4.69, 9.17) is 9.73 Å². The lowest BCUT2D eigenvalue weighted by molar-refractivity contribution is -0.122. The Balaban J connectivity index is 1.50. The number of para-hydroxylation sites is 1. The predicted molar refractivity (Wildman–Crippen MR) is 138 cm³/mol. The van der Waals surface area contributed by atoms with E-state index in [1.807, 2.05) is 78.9 Å². The van der Waals surface area contributed by atoms with Crippen molar-refractivity contribution in [1.82, 2.24) is 4.90 Å². The molecule has 0 saturated carbocycles. The van der Waals surface area contributed by atoms with Gasteiger partial charge in [-0.1, -0.05) is 62.4 Å². The summed E-state index contributed by atoms with van der Waals surface area (Å²) in [5.74, 6) is 1.00. The number of ether oxygens (including phenoxy) is 1. The molecule has 3 aromatic rings. The molecule has 0 atom stereocenters. The Labute approximate surface area is 204 Å². The van der Waals surface area contributed by atoms with E-state index < -0.39 is 0 Å². The summed E-state index contributed by atoms with van der Waals surface area (Å²) < 4.78 is 5.85. The number of amides is 1. The van der Waals surface area contributed by atoms with E-state index in [1.54, 1.807) is 11.0 Å². The summed E-state index contributed by atoms with van der Waals surface area (Å²) in [4.78, 5) is 20.3. The van der Waals surface area contributed by atoms with Crippen LogP contribution in [-0.4, -0.2) is 22.5 Å². The normalized spacial score (nSPS) is 15.8. The Morgan fingerprint density at radius 1 is 1.03 bits per heavy atom. The first kappa shape index (κ1) is 23.3. The minimum Gasteiger partial charge on any atom is -0.489 e. The molecule has 1 aliphatic heterocycles. The van der Waals surface area contributed by atoms with Crippen molar-refractivity contribution < 1.29 is 9.53 Å². The van der Waals surface area contributed by atoms with Crippen LogP contribution in [0.2, 0.25) is 0 Å². The van der Waals surface area contributed by atoms with E-state index in [-0.39, 0.29) is 5.91 Å². The van der Waals surface area contributed by atoms with Crippen LogP contribution in [0.4, 0.5) is 5.69 Å². The third-order valence-electron chi connectivity index (χ3n) is 5.13. The Kier molecular flexibility index (Phi) is 7.46. The van der Waals surface area contributed by atoms with E-state index in [2.05, 4.69) is 19.9 Å². The first-order chi connectivity index (χ1) is 16.5. The lowest BCUT2D eigenvalue weighted by Gasteiger charge is -2.17. The van der Waals surface area contributed by atoms with Crippen LogP contribution in [0.1, 0.15) is 30.5 Å². The standard InChI is InChI=1S/C28H25N3O2S/c1-20(2)18-31-27(32)26(34-28(31)30-24-10-4-3-5-11-24)16-21-12-14-25(15-13-21)33-19-23-9-7-6-8-22(23)17-29/h3-16,20H,18-19H2,1-2H3/b26-16+,30-28?. The molecule has 1 aliphatic rings. The summed E-state index contributed by atoms with van der Waals surface area (Å²) >= 11 is 1.40. The predicted octanol–water partition coefficient (Wildman–Crippen LogP) is 6.40. The van der Waals surface area contributed by atoms with Gasteiger partial charge in [-0.25, -0.2) is 4.99 Å². The molecule has 0 bridgehead atoms. The van der Waals surface area contributed by atoms with Crippen molar-refractivity contribution in [1.29, 1.82) is 5.26 Å². The van der Waals surface area contributed by atoms with Gasteiger partial charge in [0.05, 0.1) is 22.2 Å². The highest BCUT2D eigenvalue weighted by Crippen LogP contribution is 2.34. The van der Waals surface area contributed by atoms with Crippen molar-refractivity contribution in [2.45, 2.75) is 20.5 Å². The third kappa shape index (κ3) is 5.75. The molecule has 6 heteroatoms. The van der Waals surface area contributed by atoms with Gasteiger partial charge in [0.1, 0.15) is 12.4 Å². The molecule has 1 heterocycles. The lowest BCUT2D eigenvalue weighted by atomic mass is 10.1. The van der Waals surface area contributed by atoms with Gasteiger partial charge in [-0.15, -0.1) is 0 Å². The van der Waals surface area contributed by atoms with Crippen molar-refractivity contribution in [2.75, 3.05) is 6.54 Å². The zero-order chi connectivity index (χ0) is 23.9. The molecule has 3 aromatic carbocycles. The molecule has 1 saturated heterocycles. The smallest absolute Gasteiger partial charge is 0.266 e. The van der Waals surface area contributed by atoms with Crippen molar-refractivity contribution in [3.05, 3.63) is 100 Å². The van der Waals surface area contributed by atoms with E-state index in [1.165, 1.54) is 11.8 Å². The Hall–Kier alpha value is -3.82. The molecule has 0 aromatic heterocycles. The second-order valence-corrected chi connectivity index (χ2v) is 9.29. The van der Waals surface area contributed by atoms with Gasteiger partial charge >= 0.3 is 0 Å². The van der Waals surface area contributed by atoms with Gasteiger partial charge in [-0.2, -0.15) is 5.26 Å². The minimum absolute atomic E-state index is 0.0261. The molecule has 5 nitrogen and oxygen atoms in total. The zero-order valence-electron chi connectivity index (χ0n) is 19.1. The highest BCUT2D eigenvalue weighted by atomic mass is 32.2. The van der Waals surface area contributed by atoms with Gasteiger partial charge in [0.15, 0.2) is 5.17 Å². The number of hydrogen-bond donors (Lipinski definition) is 0. The topological polar surface area (TPSA) is 65.7 Å². The van der Waals surface area contributed by atoms with Crippen molar-refractivity contribution in [3.8, 4) is 11.8 Å². The summed E-state index contributed by atoms with van der Waals surface area (Å²) in [6.07, 6.45) is 1.89. The first-order valence-electron chi connectivity index (χ1n) is 11.1. The molecule has 1 fully saturated rings. The number of rotatable bonds is 7. The zero-order valence-corrected chi connectivity index (χ0v) is 20.0. The molecule has 34 heavy (non-hydrogen) atoms. The molecule has 4 rings (SSSR count). The summed E-state index contributed by atoms with van der Waals surface area (Å²) in [5.41, 5.74) is 3.19. The number of amidine groups is 1. The van der Waals surface area contributed by atoms with Crippen molar-refractivity contribution >= 4 is 34.6 Å². The second kappa shape index (κ2) is 10.9. The second-order valence-electron chi connectivity index (χ2n) is 8.28. The van der Waals surface area contributed by atoms with E-state index >= 15 is 0 Å².